The smallest absolute Gasteiger partial charge is 0.269 e. The van der Waals surface area contributed by atoms with E-state index in [2.05, 4.69) is 17.6 Å². The van der Waals surface area contributed by atoms with Crippen molar-refractivity contribution in [3.63, 3.8) is 0 Å². The van der Waals surface area contributed by atoms with E-state index in [0.29, 0.717) is 17.9 Å². The summed E-state index contributed by atoms with van der Waals surface area (Å²) in [4.78, 5) is 22.2. The van der Waals surface area contributed by atoms with Crippen molar-refractivity contribution < 1.29 is 14.5 Å². The van der Waals surface area contributed by atoms with Gasteiger partial charge in [0.05, 0.1) is 11.5 Å². The largest absolute Gasteiger partial charge is 0.494 e. The number of anilines is 1. The first-order chi connectivity index (χ1) is 15.0. The van der Waals surface area contributed by atoms with E-state index in [-0.39, 0.29) is 10.8 Å². The van der Waals surface area contributed by atoms with E-state index in [1.54, 1.807) is 18.2 Å². The van der Waals surface area contributed by atoms with Crippen LogP contribution in [0.4, 0.5) is 11.4 Å². The third kappa shape index (κ3) is 9.39. The van der Waals surface area contributed by atoms with E-state index < -0.39 is 10.8 Å². The normalized spacial score (nSPS) is 10.6. The average Bonchev–Trinajstić information content (AvgIpc) is 2.75. The lowest BCUT2D eigenvalue weighted by Crippen LogP contribution is -2.32. The highest BCUT2D eigenvalue weighted by atomic mass is 32.1. The molecule has 0 unspecified atom stereocenters. The molecule has 0 radical (unpaired) electrons. The van der Waals surface area contributed by atoms with Gasteiger partial charge in [0.25, 0.3) is 5.69 Å². The van der Waals surface area contributed by atoms with E-state index in [4.69, 9.17) is 17.0 Å². The number of nitrogens with one attached hydrogen (secondary N) is 2. The predicted molar refractivity (Wildman–Crippen MR) is 127 cm³/mol. The summed E-state index contributed by atoms with van der Waals surface area (Å²) in [6.07, 6.45) is 8.75. The Morgan fingerprint density at radius 3 is 2.58 bits per heavy atom. The Bertz CT molecular complexity index is 913. The minimum absolute atomic E-state index is 0.00492. The molecule has 1 amide bonds. The number of rotatable bonds is 11. The minimum atomic E-state index is -0.474. The van der Waals surface area contributed by atoms with E-state index in [9.17, 15) is 14.9 Å². The van der Waals surface area contributed by atoms with Gasteiger partial charge in [0, 0.05) is 30.0 Å². The summed E-state index contributed by atoms with van der Waals surface area (Å²) in [6.45, 7) is 2.86. The number of nitro groups is 1. The van der Waals surface area contributed by atoms with Gasteiger partial charge in [-0.05, 0) is 54.5 Å². The van der Waals surface area contributed by atoms with Crippen molar-refractivity contribution in [3.8, 4) is 5.75 Å². The van der Waals surface area contributed by atoms with E-state index in [1.165, 1.54) is 37.5 Å². The number of thiocarbonyl (C=S) groups is 1. The van der Waals surface area contributed by atoms with Gasteiger partial charge >= 0.3 is 0 Å². The zero-order valence-corrected chi connectivity index (χ0v) is 18.3. The quantitative estimate of drug-likeness (QED) is 0.158. The summed E-state index contributed by atoms with van der Waals surface area (Å²) in [5.74, 6) is 0.336. The SMILES string of the molecule is CCCCCCCOc1cccc(NC(=S)NC(=O)/C=C/c2ccc([N+](=O)[O-])cc2)c1. The standard InChI is InChI=1S/C23H27N3O4S/c1-2-3-4-5-6-16-30-21-9-7-8-19(17-21)24-23(31)25-22(27)15-12-18-10-13-20(14-11-18)26(28)29/h7-15,17H,2-6,16H2,1H3,(H2,24,25,27,31)/b15-12+. The molecule has 0 aromatic heterocycles. The lowest BCUT2D eigenvalue weighted by atomic mass is 10.2. The molecule has 0 saturated carbocycles. The highest BCUT2D eigenvalue weighted by Crippen LogP contribution is 2.18. The molecule has 0 atom stereocenters. The van der Waals surface area contributed by atoms with Gasteiger partial charge in [-0.25, -0.2) is 0 Å². The topological polar surface area (TPSA) is 93.5 Å². The Balaban J connectivity index is 1.78. The monoisotopic (exact) mass is 441 g/mol. The molecule has 0 fully saturated rings. The van der Waals surface area contributed by atoms with Crippen molar-refractivity contribution in [2.75, 3.05) is 11.9 Å². The van der Waals surface area contributed by atoms with Crippen molar-refractivity contribution in [1.29, 1.82) is 0 Å². The Labute approximate surface area is 187 Å². The third-order valence-corrected chi connectivity index (χ3v) is 4.58. The summed E-state index contributed by atoms with van der Waals surface area (Å²) < 4.78 is 5.78. The van der Waals surface area contributed by atoms with Gasteiger partial charge in [0.15, 0.2) is 5.11 Å². The zero-order valence-electron chi connectivity index (χ0n) is 17.5. The molecule has 2 rings (SSSR count). The van der Waals surface area contributed by atoms with Crippen LogP contribution < -0.4 is 15.4 Å². The van der Waals surface area contributed by atoms with Crippen LogP contribution in [0, 0.1) is 10.1 Å². The summed E-state index contributed by atoms with van der Waals surface area (Å²) in [5, 5.41) is 16.4. The van der Waals surface area contributed by atoms with Gasteiger partial charge in [-0.15, -0.1) is 0 Å². The number of carbonyl (C=O) groups excluding carboxylic acids is 1. The van der Waals surface area contributed by atoms with Gasteiger partial charge in [-0.1, -0.05) is 38.7 Å². The van der Waals surface area contributed by atoms with E-state index in [0.717, 1.165) is 18.6 Å². The number of non-ortho nitro benzene ring substituents is 1. The Morgan fingerprint density at radius 1 is 1.13 bits per heavy atom. The lowest BCUT2D eigenvalue weighted by Gasteiger charge is -2.11. The molecular weight excluding hydrogens is 414 g/mol. The maximum absolute atomic E-state index is 12.1. The maximum Gasteiger partial charge on any atom is 0.269 e. The van der Waals surface area contributed by atoms with Crippen LogP contribution in [-0.2, 0) is 4.79 Å². The average molecular weight is 442 g/mol. The second-order valence-corrected chi connectivity index (χ2v) is 7.32. The summed E-state index contributed by atoms with van der Waals surface area (Å²) in [5.41, 5.74) is 1.38. The summed E-state index contributed by atoms with van der Waals surface area (Å²) in [7, 11) is 0. The molecule has 164 valence electrons. The highest BCUT2D eigenvalue weighted by Gasteiger charge is 2.05. The minimum Gasteiger partial charge on any atom is -0.494 e. The van der Waals surface area contributed by atoms with Crippen LogP contribution in [0.1, 0.15) is 44.6 Å². The second-order valence-electron chi connectivity index (χ2n) is 6.92. The molecule has 0 bridgehead atoms. The van der Waals surface area contributed by atoms with Gasteiger partial charge in [0.2, 0.25) is 5.91 Å². The van der Waals surface area contributed by atoms with Crippen LogP contribution in [0.2, 0.25) is 0 Å². The summed E-state index contributed by atoms with van der Waals surface area (Å²) in [6, 6.07) is 13.3. The van der Waals surface area contributed by atoms with E-state index >= 15 is 0 Å². The fourth-order valence-corrected chi connectivity index (χ4v) is 2.97. The molecule has 2 N–H and O–H groups in total. The van der Waals surface area contributed by atoms with Gasteiger partial charge in [-0.2, -0.15) is 0 Å². The molecule has 0 aliphatic heterocycles. The number of nitro benzene ring substituents is 1. The maximum atomic E-state index is 12.1. The molecule has 0 aliphatic rings. The number of unbranched alkanes of at least 4 members (excludes halogenated alkanes) is 4. The Morgan fingerprint density at radius 2 is 1.87 bits per heavy atom. The first kappa shape index (κ1) is 24.0. The van der Waals surface area contributed by atoms with E-state index in [1.807, 2.05) is 24.3 Å². The van der Waals surface area contributed by atoms with Crippen LogP contribution in [0.5, 0.6) is 5.75 Å². The molecule has 0 spiro atoms. The third-order valence-electron chi connectivity index (χ3n) is 4.38. The Hall–Kier alpha value is -3.26. The van der Waals surface area contributed by atoms with Gasteiger partial charge in [-0.3, -0.25) is 20.2 Å². The molecule has 0 heterocycles. The first-order valence-corrected chi connectivity index (χ1v) is 10.7. The van der Waals surface area contributed by atoms with Crippen LogP contribution in [0.25, 0.3) is 6.08 Å². The fraction of sp³-hybridized carbons (Fsp3) is 0.304. The second kappa shape index (κ2) is 13.1. The van der Waals surface area contributed by atoms with Crippen molar-refractivity contribution in [1.82, 2.24) is 5.32 Å². The molecule has 0 aliphatic carbocycles. The Kier molecular flexibility index (Phi) is 10.2. The van der Waals surface area contributed by atoms with Crippen LogP contribution in [0.15, 0.2) is 54.6 Å². The van der Waals surface area contributed by atoms with Crippen molar-refractivity contribution in [2.24, 2.45) is 0 Å². The van der Waals surface area contributed by atoms with Gasteiger partial charge in [0.1, 0.15) is 5.75 Å². The first-order valence-electron chi connectivity index (χ1n) is 10.3. The predicted octanol–water partition coefficient (Wildman–Crippen LogP) is 5.47. The molecule has 8 heteroatoms. The number of amides is 1. The van der Waals surface area contributed by atoms with Crippen molar-refractivity contribution in [3.05, 3.63) is 70.3 Å². The number of carbonyl (C=O) groups is 1. The van der Waals surface area contributed by atoms with Crippen LogP contribution in [-0.4, -0.2) is 22.5 Å². The van der Waals surface area contributed by atoms with Crippen molar-refractivity contribution in [2.45, 2.75) is 39.0 Å². The summed E-state index contributed by atoms with van der Waals surface area (Å²) >= 11 is 5.19. The number of hydrogen-bond donors (Lipinski definition) is 2. The molecule has 2 aromatic rings. The molecule has 7 nitrogen and oxygen atoms in total. The molecule has 0 saturated heterocycles. The molecule has 2 aromatic carbocycles. The number of benzene rings is 2. The van der Waals surface area contributed by atoms with Crippen LogP contribution >= 0.6 is 12.2 Å². The zero-order chi connectivity index (χ0) is 22.5. The van der Waals surface area contributed by atoms with Gasteiger partial charge < -0.3 is 10.1 Å². The highest BCUT2D eigenvalue weighted by molar-refractivity contribution is 7.80. The lowest BCUT2D eigenvalue weighted by molar-refractivity contribution is -0.384. The van der Waals surface area contributed by atoms with Crippen LogP contribution in [0.3, 0.4) is 0 Å². The number of ether oxygens (including phenoxy) is 1. The number of nitrogens with zero attached hydrogens (tertiary/aromatic N) is 1. The van der Waals surface area contributed by atoms with Crippen molar-refractivity contribution >= 4 is 40.7 Å². The number of hydrogen-bond acceptors (Lipinski definition) is 5. The molecule has 31 heavy (non-hydrogen) atoms. The molecular formula is C23H27N3O4S. The fourth-order valence-electron chi connectivity index (χ4n) is 2.75.